The van der Waals surface area contributed by atoms with Crippen LogP contribution in [-0.4, -0.2) is 22.8 Å². The van der Waals surface area contributed by atoms with Gasteiger partial charge in [-0.3, -0.25) is 4.79 Å². The van der Waals surface area contributed by atoms with Crippen molar-refractivity contribution in [2.45, 2.75) is 25.8 Å². The number of hydrogen-bond donors (Lipinski definition) is 1. The van der Waals surface area contributed by atoms with Gasteiger partial charge in [0.25, 0.3) is 0 Å². The first-order valence-electron chi connectivity index (χ1n) is 7.57. The Morgan fingerprint density at radius 3 is 2.82 bits per heavy atom. The van der Waals surface area contributed by atoms with Crippen LogP contribution in [0.4, 0.5) is 0 Å². The molecule has 0 saturated carbocycles. The predicted octanol–water partition coefficient (Wildman–Crippen LogP) is 4.58. The van der Waals surface area contributed by atoms with Crippen LogP contribution in [0.15, 0.2) is 48.0 Å². The summed E-state index contributed by atoms with van der Waals surface area (Å²) in [7, 11) is 1.91. The Hall–Kier alpha value is -2.07. The molecule has 0 radical (unpaired) electrons. The van der Waals surface area contributed by atoms with Crippen LogP contribution in [-0.2, 0) is 4.79 Å². The first-order chi connectivity index (χ1) is 10.7. The number of aromatic amines is 1. The van der Waals surface area contributed by atoms with E-state index in [-0.39, 0.29) is 11.9 Å². The molecule has 0 bridgehead atoms. The van der Waals surface area contributed by atoms with Crippen molar-refractivity contribution in [3.63, 3.8) is 0 Å². The van der Waals surface area contributed by atoms with E-state index in [0.29, 0.717) is 6.42 Å². The fourth-order valence-electron chi connectivity index (χ4n) is 2.85. The zero-order chi connectivity index (χ0) is 15.5. The molecule has 1 N–H and O–H groups in total. The third kappa shape index (κ3) is 2.66. The molecule has 0 aliphatic carbocycles. The molecule has 1 amide bonds. The van der Waals surface area contributed by atoms with Crippen LogP contribution in [0.25, 0.3) is 10.9 Å². The van der Waals surface area contributed by atoms with Crippen molar-refractivity contribution in [2.75, 3.05) is 7.05 Å². The number of rotatable bonds is 5. The average molecular weight is 312 g/mol. The van der Waals surface area contributed by atoms with Gasteiger partial charge >= 0.3 is 0 Å². The van der Waals surface area contributed by atoms with Crippen molar-refractivity contribution in [1.29, 1.82) is 0 Å². The first-order valence-corrected chi connectivity index (χ1v) is 8.45. The molecule has 0 spiro atoms. The van der Waals surface area contributed by atoms with E-state index in [2.05, 4.69) is 28.6 Å². The maximum Gasteiger partial charge on any atom is 0.223 e. The number of aromatic nitrogens is 1. The molecule has 114 valence electrons. The van der Waals surface area contributed by atoms with E-state index in [1.165, 1.54) is 10.3 Å². The first kappa shape index (κ1) is 14.9. The summed E-state index contributed by atoms with van der Waals surface area (Å²) in [5, 5.41) is 3.24. The van der Waals surface area contributed by atoms with Gasteiger partial charge in [0.2, 0.25) is 5.91 Å². The Balaban J connectivity index is 2.08. The van der Waals surface area contributed by atoms with Gasteiger partial charge in [0.1, 0.15) is 0 Å². The van der Waals surface area contributed by atoms with E-state index in [0.717, 1.165) is 17.5 Å². The zero-order valence-electron chi connectivity index (χ0n) is 12.9. The van der Waals surface area contributed by atoms with Crippen molar-refractivity contribution < 1.29 is 4.79 Å². The number of fused-ring (bicyclic) bond motifs is 1. The van der Waals surface area contributed by atoms with Crippen LogP contribution in [0.3, 0.4) is 0 Å². The Bertz CT molecular complexity index is 760. The topological polar surface area (TPSA) is 36.1 Å². The number of amides is 1. The van der Waals surface area contributed by atoms with E-state index < -0.39 is 0 Å². The smallest absolute Gasteiger partial charge is 0.223 e. The SMILES string of the molecule is CCCC(=O)N(C)C(c1cccs1)c1c[nH]c2ccccc12. The molecule has 1 unspecified atom stereocenters. The molecular weight excluding hydrogens is 292 g/mol. The van der Waals surface area contributed by atoms with Gasteiger partial charge in [0.05, 0.1) is 6.04 Å². The molecule has 2 aromatic heterocycles. The second-order valence-corrected chi connectivity index (χ2v) is 6.44. The Kier molecular flexibility index (Phi) is 4.29. The number of hydrogen-bond acceptors (Lipinski definition) is 2. The number of H-pyrrole nitrogens is 1. The minimum absolute atomic E-state index is 0.0322. The highest BCUT2D eigenvalue weighted by atomic mass is 32.1. The lowest BCUT2D eigenvalue weighted by atomic mass is 10.0. The average Bonchev–Trinajstić information content (AvgIpc) is 3.18. The summed E-state index contributed by atoms with van der Waals surface area (Å²) in [5.41, 5.74) is 2.26. The summed E-state index contributed by atoms with van der Waals surface area (Å²) in [5.74, 6) is 0.186. The Labute approximate surface area is 134 Å². The maximum absolute atomic E-state index is 12.4. The van der Waals surface area contributed by atoms with Gasteiger partial charge in [0.15, 0.2) is 0 Å². The number of para-hydroxylation sites is 1. The van der Waals surface area contributed by atoms with Crippen LogP contribution < -0.4 is 0 Å². The lowest BCUT2D eigenvalue weighted by Crippen LogP contribution is -2.31. The Morgan fingerprint density at radius 1 is 1.27 bits per heavy atom. The van der Waals surface area contributed by atoms with Crippen molar-refractivity contribution in [3.8, 4) is 0 Å². The van der Waals surface area contributed by atoms with E-state index in [1.807, 2.05) is 43.3 Å². The molecule has 0 aliphatic heterocycles. The highest BCUT2D eigenvalue weighted by Crippen LogP contribution is 2.35. The molecule has 1 atom stereocenters. The highest BCUT2D eigenvalue weighted by Gasteiger charge is 2.26. The number of benzene rings is 1. The molecule has 0 saturated heterocycles. The molecule has 2 heterocycles. The molecule has 1 aromatic carbocycles. The molecule has 3 nitrogen and oxygen atoms in total. The highest BCUT2D eigenvalue weighted by molar-refractivity contribution is 7.10. The number of carbonyl (C=O) groups is 1. The zero-order valence-corrected chi connectivity index (χ0v) is 13.7. The summed E-state index contributed by atoms with van der Waals surface area (Å²) >= 11 is 1.69. The Morgan fingerprint density at radius 2 is 2.09 bits per heavy atom. The van der Waals surface area contributed by atoms with Crippen LogP contribution in [0.1, 0.15) is 36.2 Å². The van der Waals surface area contributed by atoms with Gasteiger partial charge < -0.3 is 9.88 Å². The second-order valence-electron chi connectivity index (χ2n) is 5.46. The van der Waals surface area contributed by atoms with Gasteiger partial charge in [-0.2, -0.15) is 0 Å². The molecular formula is C18H20N2OS. The predicted molar refractivity (Wildman–Crippen MR) is 92.1 cm³/mol. The van der Waals surface area contributed by atoms with Gasteiger partial charge in [0, 0.05) is 41.0 Å². The third-order valence-electron chi connectivity index (χ3n) is 3.97. The van der Waals surface area contributed by atoms with Crippen molar-refractivity contribution in [2.24, 2.45) is 0 Å². The number of nitrogens with one attached hydrogen (secondary N) is 1. The molecule has 22 heavy (non-hydrogen) atoms. The standard InChI is InChI=1S/C18H20N2OS/c1-3-7-17(21)20(2)18(16-10-6-11-22-16)14-12-19-15-9-5-4-8-13(14)15/h4-6,8-12,18-19H,3,7H2,1-2H3. The summed E-state index contributed by atoms with van der Waals surface area (Å²) in [6.07, 6.45) is 3.49. The summed E-state index contributed by atoms with van der Waals surface area (Å²) in [4.78, 5) is 18.8. The third-order valence-corrected chi connectivity index (χ3v) is 4.90. The largest absolute Gasteiger partial charge is 0.361 e. The molecule has 3 aromatic rings. The summed E-state index contributed by atoms with van der Waals surface area (Å²) in [6, 6.07) is 12.4. The van der Waals surface area contributed by atoms with Gasteiger partial charge in [-0.1, -0.05) is 31.2 Å². The molecule has 0 fully saturated rings. The van der Waals surface area contributed by atoms with E-state index in [1.54, 1.807) is 11.3 Å². The second kappa shape index (κ2) is 6.36. The minimum Gasteiger partial charge on any atom is -0.361 e. The fraction of sp³-hybridized carbons (Fsp3) is 0.278. The number of nitrogens with zero attached hydrogens (tertiary/aromatic N) is 1. The molecule has 0 aliphatic rings. The van der Waals surface area contributed by atoms with Gasteiger partial charge in [-0.15, -0.1) is 11.3 Å². The minimum atomic E-state index is -0.0322. The lowest BCUT2D eigenvalue weighted by Gasteiger charge is -2.27. The van der Waals surface area contributed by atoms with Crippen molar-refractivity contribution in [3.05, 3.63) is 58.4 Å². The van der Waals surface area contributed by atoms with Gasteiger partial charge in [-0.25, -0.2) is 0 Å². The maximum atomic E-state index is 12.4. The summed E-state index contributed by atoms with van der Waals surface area (Å²) in [6.45, 7) is 2.04. The van der Waals surface area contributed by atoms with E-state index in [4.69, 9.17) is 0 Å². The van der Waals surface area contributed by atoms with E-state index in [9.17, 15) is 4.79 Å². The van der Waals surface area contributed by atoms with Crippen molar-refractivity contribution >= 4 is 28.1 Å². The van der Waals surface area contributed by atoms with Crippen LogP contribution in [0.2, 0.25) is 0 Å². The normalized spacial score (nSPS) is 12.5. The van der Waals surface area contributed by atoms with Crippen LogP contribution in [0.5, 0.6) is 0 Å². The quantitative estimate of drug-likeness (QED) is 0.735. The van der Waals surface area contributed by atoms with E-state index >= 15 is 0 Å². The lowest BCUT2D eigenvalue weighted by molar-refractivity contribution is -0.131. The number of carbonyl (C=O) groups excluding carboxylic acids is 1. The molecule has 3 rings (SSSR count). The summed E-state index contributed by atoms with van der Waals surface area (Å²) < 4.78 is 0. The van der Waals surface area contributed by atoms with Crippen molar-refractivity contribution in [1.82, 2.24) is 9.88 Å². The van der Waals surface area contributed by atoms with Crippen LogP contribution in [0, 0.1) is 0 Å². The fourth-order valence-corrected chi connectivity index (χ4v) is 3.74. The monoisotopic (exact) mass is 312 g/mol. The molecule has 4 heteroatoms. The number of thiophene rings is 1. The van der Waals surface area contributed by atoms with Gasteiger partial charge in [-0.05, 0) is 23.9 Å². The van der Waals surface area contributed by atoms with Crippen LogP contribution >= 0.6 is 11.3 Å².